The predicted molar refractivity (Wildman–Crippen MR) is 54.9 cm³/mol. The molecule has 1 aliphatic carbocycles. The van der Waals surface area contributed by atoms with E-state index in [4.69, 9.17) is 11.6 Å². The van der Waals surface area contributed by atoms with Crippen LogP contribution in [-0.4, -0.2) is 17.3 Å². The Hall–Kier alpha value is -0.240. The number of alkyl halides is 1. The number of nitrogens with one attached hydrogen (secondary N) is 1. The quantitative estimate of drug-likeness (QED) is 0.686. The van der Waals surface area contributed by atoms with Gasteiger partial charge >= 0.3 is 0 Å². The molecular formula is C10H18ClNO. The topological polar surface area (TPSA) is 29.1 Å². The zero-order valence-electron chi connectivity index (χ0n) is 8.35. The Balaban J connectivity index is 2.38. The molecule has 2 nitrogen and oxygen atoms in total. The maximum atomic E-state index is 11.4. The zero-order valence-corrected chi connectivity index (χ0v) is 9.10. The highest BCUT2D eigenvalue weighted by Gasteiger charge is 2.24. The Labute approximate surface area is 85.0 Å². The maximum absolute atomic E-state index is 11.4. The lowest BCUT2D eigenvalue weighted by molar-refractivity contribution is -0.124. The first-order valence-electron chi connectivity index (χ1n) is 5.05. The molecule has 1 N–H and O–H groups in total. The van der Waals surface area contributed by atoms with Gasteiger partial charge in [-0.2, -0.15) is 0 Å². The molecule has 0 spiro atoms. The molecular weight excluding hydrogens is 186 g/mol. The molecule has 3 heteroatoms. The van der Waals surface area contributed by atoms with Crippen molar-refractivity contribution in [3.63, 3.8) is 0 Å². The van der Waals surface area contributed by atoms with Crippen molar-refractivity contribution in [3.8, 4) is 0 Å². The van der Waals surface area contributed by atoms with Gasteiger partial charge in [-0.3, -0.25) is 4.79 Å². The maximum Gasteiger partial charge on any atom is 0.222 e. The fourth-order valence-corrected chi connectivity index (χ4v) is 1.94. The minimum absolute atomic E-state index is 0.0609. The highest BCUT2D eigenvalue weighted by atomic mass is 35.5. The van der Waals surface area contributed by atoms with E-state index in [1.165, 1.54) is 12.8 Å². The molecule has 2 atom stereocenters. The van der Waals surface area contributed by atoms with Gasteiger partial charge in [0.1, 0.15) is 0 Å². The lowest BCUT2D eigenvalue weighted by atomic mass is 9.94. The van der Waals surface area contributed by atoms with Gasteiger partial charge in [-0.05, 0) is 12.8 Å². The van der Waals surface area contributed by atoms with Crippen molar-refractivity contribution in [3.05, 3.63) is 0 Å². The second kappa shape index (κ2) is 4.85. The first-order valence-corrected chi connectivity index (χ1v) is 5.49. The first-order chi connectivity index (χ1) is 6.11. The Morgan fingerprint density at radius 1 is 1.38 bits per heavy atom. The summed E-state index contributed by atoms with van der Waals surface area (Å²) in [5, 5.41) is 3.13. The molecule has 1 rings (SSSR count). The smallest absolute Gasteiger partial charge is 0.222 e. The van der Waals surface area contributed by atoms with Crippen LogP contribution in [0.1, 0.15) is 39.5 Å². The minimum Gasteiger partial charge on any atom is -0.352 e. The molecule has 0 aromatic heterocycles. The van der Waals surface area contributed by atoms with Crippen molar-refractivity contribution in [1.82, 2.24) is 5.32 Å². The van der Waals surface area contributed by atoms with Crippen molar-refractivity contribution < 1.29 is 4.79 Å². The summed E-state index contributed by atoms with van der Waals surface area (Å²) in [5.74, 6) is 0.184. The van der Waals surface area contributed by atoms with Gasteiger partial charge in [-0.15, -0.1) is 11.6 Å². The van der Waals surface area contributed by atoms with Crippen LogP contribution in [0.4, 0.5) is 0 Å². The third-order valence-corrected chi connectivity index (χ3v) is 3.06. The summed E-state index contributed by atoms with van der Waals surface area (Å²) in [4.78, 5) is 11.4. The standard InChI is InChI=1S/C10H18ClNO/c1-7(2)10(13)12-9-6-4-3-5-8(9)11/h7-9H,3-6H2,1-2H3,(H,12,13). The monoisotopic (exact) mass is 203 g/mol. The van der Waals surface area contributed by atoms with Crippen LogP contribution < -0.4 is 5.32 Å². The van der Waals surface area contributed by atoms with Crippen LogP contribution in [0.15, 0.2) is 0 Å². The van der Waals surface area contributed by atoms with E-state index < -0.39 is 0 Å². The Morgan fingerprint density at radius 3 is 2.54 bits per heavy atom. The van der Waals surface area contributed by atoms with Crippen LogP contribution >= 0.6 is 11.6 Å². The van der Waals surface area contributed by atoms with Gasteiger partial charge in [-0.25, -0.2) is 0 Å². The minimum atomic E-state index is 0.0609. The summed E-state index contributed by atoms with van der Waals surface area (Å²) in [7, 11) is 0. The number of hydrogen-bond acceptors (Lipinski definition) is 1. The fraction of sp³-hybridized carbons (Fsp3) is 0.900. The van der Waals surface area contributed by atoms with E-state index in [1.807, 2.05) is 13.8 Å². The molecule has 1 saturated carbocycles. The van der Waals surface area contributed by atoms with Gasteiger partial charge in [0.2, 0.25) is 5.91 Å². The summed E-state index contributed by atoms with van der Waals surface area (Å²) in [6, 6.07) is 0.199. The van der Waals surface area contributed by atoms with E-state index in [0.717, 1.165) is 12.8 Å². The van der Waals surface area contributed by atoms with Gasteiger partial charge in [-0.1, -0.05) is 26.7 Å². The van der Waals surface area contributed by atoms with E-state index in [1.54, 1.807) is 0 Å². The molecule has 0 heterocycles. The fourth-order valence-electron chi connectivity index (χ4n) is 1.60. The molecule has 1 fully saturated rings. The highest BCUT2D eigenvalue weighted by molar-refractivity contribution is 6.21. The van der Waals surface area contributed by atoms with Gasteiger partial charge in [0.05, 0.1) is 5.38 Å². The van der Waals surface area contributed by atoms with Crippen LogP contribution in [0.25, 0.3) is 0 Å². The van der Waals surface area contributed by atoms with Crippen molar-refractivity contribution in [2.75, 3.05) is 0 Å². The lowest BCUT2D eigenvalue weighted by Gasteiger charge is -2.28. The van der Waals surface area contributed by atoms with Crippen molar-refractivity contribution in [2.24, 2.45) is 5.92 Å². The van der Waals surface area contributed by atoms with Gasteiger partial charge in [0.15, 0.2) is 0 Å². The van der Waals surface area contributed by atoms with Crippen LogP contribution in [0.2, 0.25) is 0 Å². The number of halogens is 1. The summed E-state index contributed by atoms with van der Waals surface area (Å²) in [5.41, 5.74) is 0. The second-order valence-corrected chi connectivity index (χ2v) is 4.63. The molecule has 0 radical (unpaired) electrons. The Bertz CT molecular complexity index is 182. The van der Waals surface area contributed by atoms with Crippen LogP contribution in [-0.2, 0) is 4.79 Å². The molecule has 0 aromatic carbocycles. The summed E-state index contributed by atoms with van der Waals surface area (Å²) in [6.07, 6.45) is 4.45. The molecule has 0 saturated heterocycles. The summed E-state index contributed by atoms with van der Waals surface area (Å²) >= 11 is 6.12. The SMILES string of the molecule is CC(C)C(=O)NC1CCCCC1Cl. The number of hydrogen-bond donors (Lipinski definition) is 1. The molecule has 1 aliphatic rings. The van der Waals surface area contributed by atoms with Crippen LogP contribution in [0.5, 0.6) is 0 Å². The Morgan fingerprint density at radius 2 is 2.00 bits per heavy atom. The lowest BCUT2D eigenvalue weighted by Crippen LogP contribution is -2.44. The third kappa shape index (κ3) is 3.18. The van der Waals surface area contributed by atoms with Crippen molar-refractivity contribution >= 4 is 17.5 Å². The number of rotatable bonds is 2. The van der Waals surface area contributed by atoms with E-state index >= 15 is 0 Å². The molecule has 0 aliphatic heterocycles. The zero-order chi connectivity index (χ0) is 9.84. The van der Waals surface area contributed by atoms with E-state index in [9.17, 15) is 4.79 Å². The van der Waals surface area contributed by atoms with E-state index in [2.05, 4.69) is 5.32 Å². The average molecular weight is 204 g/mol. The molecule has 2 unspecified atom stereocenters. The number of carbonyl (C=O) groups excluding carboxylic acids is 1. The van der Waals surface area contributed by atoms with E-state index in [-0.39, 0.29) is 23.2 Å². The Kier molecular flexibility index (Phi) is 4.04. The van der Waals surface area contributed by atoms with Crippen LogP contribution in [0, 0.1) is 5.92 Å². The first kappa shape index (κ1) is 10.8. The van der Waals surface area contributed by atoms with Crippen LogP contribution in [0.3, 0.4) is 0 Å². The number of carbonyl (C=O) groups is 1. The van der Waals surface area contributed by atoms with Crippen molar-refractivity contribution in [1.29, 1.82) is 0 Å². The van der Waals surface area contributed by atoms with Gasteiger partial charge < -0.3 is 5.32 Å². The molecule has 1 amide bonds. The second-order valence-electron chi connectivity index (χ2n) is 4.07. The molecule has 0 aromatic rings. The molecule has 0 bridgehead atoms. The molecule has 13 heavy (non-hydrogen) atoms. The third-order valence-electron chi connectivity index (χ3n) is 2.53. The van der Waals surface area contributed by atoms with Gasteiger partial charge in [0.25, 0.3) is 0 Å². The predicted octanol–water partition coefficient (Wildman–Crippen LogP) is 2.31. The summed E-state index contributed by atoms with van der Waals surface area (Å²) in [6.45, 7) is 3.81. The number of amides is 1. The molecule has 76 valence electrons. The highest BCUT2D eigenvalue weighted by Crippen LogP contribution is 2.23. The average Bonchev–Trinajstić information content (AvgIpc) is 2.08. The van der Waals surface area contributed by atoms with Gasteiger partial charge in [0, 0.05) is 12.0 Å². The van der Waals surface area contributed by atoms with Crippen molar-refractivity contribution in [2.45, 2.75) is 50.9 Å². The van der Waals surface area contributed by atoms with E-state index in [0.29, 0.717) is 0 Å². The summed E-state index contributed by atoms with van der Waals surface area (Å²) < 4.78 is 0. The largest absolute Gasteiger partial charge is 0.352 e. The normalized spacial score (nSPS) is 28.9.